The highest BCUT2D eigenvalue weighted by Gasteiger charge is 2.24. The van der Waals surface area contributed by atoms with Crippen LogP contribution in [0, 0.1) is 17.2 Å². The van der Waals surface area contributed by atoms with E-state index in [9.17, 15) is 4.39 Å². The lowest BCUT2D eigenvalue weighted by Gasteiger charge is -2.26. The van der Waals surface area contributed by atoms with Gasteiger partial charge in [0, 0.05) is 167 Å². The van der Waals surface area contributed by atoms with Gasteiger partial charge in [0.2, 0.25) is 71.4 Å². The Bertz CT molecular complexity index is 7000. The molecule has 2 fully saturated rings. The predicted octanol–water partition coefficient (Wildman–Crippen LogP) is 23.1. The Morgan fingerprint density at radius 1 is 0.274 bits per heavy atom. The van der Waals surface area contributed by atoms with Crippen molar-refractivity contribution in [1.82, 2.24) is 120 Å². The van der Waals surface area contributed by atoms with E-state index in [0.717, 1.165) is 81.1 Å². The van der Waals surface area contributed by atoms with E-state index in [1.165, 1.54) is 57.2 Å². The van der Waals surface area contributed by atoms with Crippen LogP contribution in [0.3, 0.4) is 0 Å². The van der Waals surface area contributed by atoms with Crippen LogP contribution in [0.15, 0.2) is 323 Å². The average Bonchev–Trinajstić information content (AvgIpc) is 0.870. The van der Waals surface area contributed by atoms with E-state index < -0.39 is 5.82 Å². The lowest BCUT2D eigenvalue weighted by molar-refractivity contribution is 0.441. The monoisotopic (exact) mass is 1950 g/mol. The number of pyridine rings is 6. The fourth-order valence-electron chi connectivity index (χ4n) is 13.9. The molecule has 2 saturated carbocycles. The molecule has 0 radical (unpaired) electrons. The third kappa shape index (κ3) is 33.8. The van der Waals surface area contributed by atoms with Crippen LogP contribution in [-0.2, 0) is 0 Å². The van der Waals surface area contributed by atoms with Crippen molar-refractivity contribution in [2.45, 2.75) is 138 Å². The van der Waals surface area contributed by atoms with Crippen molar-refractivity contribution in [3.8, 4) is 68.3 Å². The first kappa shape index (κ1) is 102. The second kappa shape index (κ2) is 51.8. The summed E-state index contributed by atoms with van der Waals surface area (Å²) >= 11 is 0. The van der Waals surface area contributed by atoms with Crippen molar-refractivity contribution < 1.29 is 4.39 Å². The first-order valence-corrected chi connectivity index (χ1v) is 48.2. The Balaban J connectivity index is 0.000000132. The second-order valence-electron chi connectivity index (χ2n) is 36.6. The molecule has 2 aliphatic rings. The van der Waals surface area contributed by atoms with Gasteiger partial charge in [0.25, 0.3) is 0 Å². The molecule has 12 N–H and O–H groups in total. The molecule has 12 aromatic heterocycles. The molecule has 0 aliphatic heterocycles. The maximum absolute atomic E-state index is 13.3. The highest BCUT2D eigenvalue weighted by atomic mass is 19.1. The van der Waals surface area contributed by atoms with Crippen molar-refractivity contribution in [2.75, 3.05) is 76.9 Å². The second-order valence-corrected chi connectivity index (χ2v) is 36.6. The number of halogens is 1. The molecule has 146 heavy (non-hydrogen) atoms. The van der Waals surface area contributed by atoms with Gasteiger partial charge in [0.15, 0.2) is 34.9 Å². The summed E-state index contributed by atoms with van der Waals surface area (Å²) in [6, 6.07) is 80.2. The Kier molecular flexibility index (Phi) is 36.3. The Hall–Kier alpha value is -18.2. The fraction of sp³-hybridized carbons (Fsp3) is 0.229. The van der Waals surface area contributed by atoms with Crippen molar-refractivity contribution in [3.63, 3.8) is 0 Å². The molecule has 6 aromatic carbocycles. The number of benzene rings is 6. The molecular formula is C109H117FN36. The van der Waals surface area contributed by atoms with Crippen LogP contribution in [0.4, 0.5) is 110 Å². The minimum Gasteiger partial charge on any atom is -0.354 e. The predicted molar refractivity (Wildman–Crippen MR) is 577 cm³/mol. The topological polar surface area (TPSA) is 454 Å². The maximum Gasteiger partial charge on any atom is 0.232 e. The van der Waals surface area contributed by atoms with Gasteiger partial charge in [-0.3, -0.25) is 29.9 Å². The van der Waals surface area contributed by atoms with Gasteiger partial charge in [-0.15, -0.1) is 0 Å². The maximum atomic E-state index is 13.3. The minimum absolute atomic E-state index is 0.123. The molecule has 0 amide bonds. The number of aromatic nitrogens is 24. The van der Waals surface area contributed by atoms with Crippen molar-refractivity contribution in [2.24, 2.45) is 11.3 Å². The molecule has 740 valence electrons. The van der Waals surface area contributed by atoms with E-state index >= 15 is 0 Å². The Morgan fingerprint density at radius 3 is 0.815 bits per heavy atom. The van der Waals surface area contributed by atoms with E-state index in [1.807, 2.05) is 257 Å². The smallest absolute Gasteiger partial charge is 0.232 e. The van der Waals surface area contributed by atoms with Gasteiger partial charge in [-0.1, -0.05) is 229 Å². The summed E-state index contributed by atoms with van der Waals surface area (Å²) in [4.78, 5) is 105. The molecular weight excluding hydrogens is 1830 g/mol. The molecule has 37 heteroatoms. The van der Waals surface area contributed by atoms with Crippen molar-refractivity contribution in [3.05, 3.63) is 329 Å². The summed E-state index contributed by atoms with van der Waals surface area (Å²) < 4.78 is 13.3. The molecule has 36 nitrogen and oxygen atoms in total. The molecule has 12 heterocycles. The number of rotatable bonds is 30. The van der Waals surface area contributed by atoms with Crippen LogP contribution in [-0.4, -0.2) is 156 Å². The van der Waals surface area contributed by atoms with Gasteiger partial charge in [0.05, 0.1) is 18.1 Å². The fourth-order valence-corrected chi connectivity index (χ4v) is 13.9. The lowest BCUT2D eigenvalue weighted by atomic mass is 9.93. The summed E-state index contributed by atoms with van der Waals surface area (Å²) in [6.45, 7) is 22.5. The Labute approximate surface area is 848 Å². The summed E-state index contributed by atoms with van der Waals surface area (Å²) in [5, 5.41) is 38.9. The summed E-state index contributed by atoms with van der Waals surface area (Å²) in [6.07, 6.45) is 28.3. The van der Waals surface area contributed by atoms with Crippen LogP contribution >= 0.6 is 0 Å². The minimum atomic E-state index is -0.433. The summed E-state index contributed by atoms with van der Waals surface area (Å²) in [7, 11) is 0. The molecule has 0 bridgehead atoms. The Morgan fingerprint density at radius 2 is 0.534 bits per heavy atom. The number of hydrogen-bond donors (Lipinski definition) is 12. The van der Waals surface area contributed by atoms with Gasteiger partial charge in [-0.05, 0) is 139 Å². The normalized spacial score (nSPS) is 12.0. The van der Waals surface area contributed by atoms with Gasteiger partial charge in [0.1, 0.15) is 5.82 Å². The number of nitrogens with zero attached hydrogens (tertiary/aromatic N) is 24. The van der Waals surface area contributed by atoms with Crippen LogP contribution in [0.25, 0.3) is 68.3 Å². The summed E-state index contributed by atoms with van der Waals surface area (Å²) in [5.74, 6) is 9.99. The third-order valence-electron chi connectivity index (χ3n) is 21.1. The first-order valence-electron chi connectivity index (χ1n) is 48.2. The highest BCUT2D eigenvalue weighted by Crippen LogP contribution is 2.32. The third-order valence-corrected chi connectivity index (χ3v) is 21.1. The number of nitrogens with one attached hydrogen (secondary N) is 12. The molecule has 0 atom stereocenters. The van der Waals surface area contributed by atoms with E-state index in [-0.39, 0.29) is 17.0 Å². The van der Waals surface area contributed by atoms with Gasteiger partial charge in [-0.25, -0.2) is 4.39 Å². The van der Waals surface area contributed by atoms with E-state index in [1.54, 1.807) is 62.0 Å². The van der Waals surface area contributed by atoms with E-state index in [0.29, 0.717) is 130 Å². The van der Waals surface area contributed by atoms with Gasteiger partial charge < -0.3 is 63.8 Å². The standard InChI is InChI=1S/C19H20N6.C19H22N6.C18H18N6.2C18H20N6.C17H17FN6/c1-2-6-14(7-3-1)17-23-18(21-15-8-4-5-9-15)25-19(24-17)22-16-10-12-20-13-11-16;1-19(2,3)13-21-17-23-16(14-7-5-4-6-8-14)24-18(25-17)22-15-9-11-20-12-10-15;1-2-5-13(6-3-1)16-22-17(20-14-7-4-8-14)24-18(23-16)21-15-9-11-19-12-10-15;1-18(2,3)24-17-22-15(13-7-5-4-6-8-13)21-16(23-17)20-14-9-11-19-12-10-14;1-13(2)12-20-17-22-16(14-6-4-3-5-7-14)23-18(24-17)21-15-8-10-19-11-9-15;1-11(2)20-16-22-15(12-6-4-3-5-7-12)23-17(24-16)21-14-8-13(18)9-19-10-14/h1-3,6-7,10-13,15H,4-5,8-9H2,(H2,20,21,22,23,24,25);4-12H,13H2,1-3H3,(H2,20,21,22,23,24,25);1-3,5-6,9-12,14H,4,7-8H2,(H2,19,20,21,22,23,24);4-12H,1-3H3,(H2,19,20,21,22,23,24);3-11,13H,12H2,1-2H3,(H2,19,20,21,22,23,24);3-11H,1-2H3,(H2,20,21,22,23,24). The molecule has 18 aromatic rings. The average molecular weight is 1950 g/mol. The summed E-state index contributed by atoms with van der Waals surface area (Å²) in [5.41, 5.74) is 10.5. The van der Waals surface area contributed by atoms with Crippen LogP contribution in [0.5, 0.6) is 0 Å². The number of hydrogen-bond acceptors (Lipinski definition) is 36. The van der Waals surface area contributed by atoms with Gasteiger partial charge in [-0.2, -0.15) is 89.7 Å². The molecule has 2 aliphatic carbocycles. The molecule has 20 rings (SSSR count). The highest BCUT2D eigenvalue weighted by molar-refractivity contribution is 5.68. The van der Waals surface area contributed by atoms with Gasteiger partial charge >= 0.3 is 0 Å². The first-order chi connectivity index (χ1) is 71.0. The van der Waals surface area contributed by atoms with Crippen LogP contribution in [0.2, 0.25) is 0 Å². The molecule has 0 unspecified atom stereocenters. The zero-order chi connectivity index (χ0) is 102. The number of anilines is 18. The molecule has 0 saturated heterocycles. The lowest BCUT2D eigenvalue weighted by Crippen LogP contribution is -2.28. The van der Waals surface area contributed by atoms with Crippen LogP contribution in [0.1, 0.15) is 114 Å². The van der Waals surface area contributed by atoms with E-state index in [2.05, 4.69) is 239 Å². The zero-order valence-corrected chi connectivity index (χ0v) is 82.9. The van der Waals surface area contributed by atoms with Crippen LogP contribution < -0.4 is 63.8 Å². The quantitative estimate of drug-likeness (QED) is 0.0199. The van der Waals surface area contributed by atoms with Crippen molar-refractivity contribution >= 4 is 106 Å². The zero-order valence-electron chi connectivity index (χ0n) is 82.9. The van der Waals surface area contributed by atoms with E-state index in [4.69, 9.17) is 0 Å². The van der Waals surface area contributed by atoms with Crippen molar-refractivity contribution in [1.29, 1.82) is 0 Å². The SMILES string of the molecule is CC(C)(C)CNc1nc(Nc2ccncc2)nc(-c2ccccc2)n1.CC(C)(C)Nc1nc(Nc2ccncc2)nc(-c2ccccc2)n1.CC(C)CNc1nc(Nc2ccncc2)nc(-c2ccccc2)n1.CC(C)Nc1nc(Nc2cncc(F)c2)nc(-c2ccccc2)n1.c1ccc(-c2nc(Nc3ccncc3)nc(NC3CCC3)n2)cc1.c1ccc(-c2nc(Nc3ccncc3)nc(NC3CCCC3)n2)cc1. The molecule has 0 spiro atoms. The largest absolute Gasteiger partial charge is 0.354 e.